The number of nitrogens with zero attached hydrogens (tertiary/aromatic N) is 1. The molecule has 3 aromatic rings. The van der Waals surface area contributed by atoms with E-state index in [1.807, 2.05) is 12.3 Å². The fourth-order valence-corrected chi connectivity index (χ4v) is 2.57. The zero-order valence-electron chi connectivity index (χ0n) is 16.0. The molecule has 2 aromatic carbocycles. The number of hydrogen-bond donors (Lipinski definition) is 1. The van der Waals surface area contributed by atoms with Crippen molar-refractivity contribution in [1.29, 1.82) is 0 Å². The number of rotatable bonds is 3. The number of carbonyl (C=O) groups excluding carboxylic acids is 1. The predicted octanol–water partition coefficient (Wildman–Crippen LogP) is 5.86. The van der Waals surface area contributed by atoms with Gasteiger partial charge in [-0.2, -0.15) is 0 Å². The third-order valence-electron chi connectivity index (χ3n) is 3.84. The van der Waals surface area contributed by atoms with E-state index in [1.54, 1.807) is 0 Å². The molecule has 3 nitrogen and oxygen atoms in total. The molecule has 0 atom stereocenters. The molecule has 0 unspecified atom stereocenters. The van der Waals surface area contributed by atoms with Crippen molar-refractivity contribution in [2.75, 3.05) is 0 Å². The molecule has 1 N–H and O–H groups in total. The van der Waals surface area contributed by atoms with E-state index in [9.17, 15) is 4.79 Å². The van der Waals surface area contributed by atoms with Gasteiger partial charge in [-0.25, -0.2) is 0 Å². The van der Waals surface area contributed by atoms with Gasteiger partial charge in [-0.05, 0) is 36.4 Å². The Bertz CT molecular complexity index is 906. The molecule has 1 aromatic heterocycles. The summed E-state index contributed by atoms with van der Waals surface area (Å²) in [5, 5.41) is 10.8. The summed E-state index contributed by atoms with van der Waals surface area (Å²) >= 11 is 0. The Morgan fingerprint density at radius 1 is 1.11 bits per heavy atom. The van der Waals surface area contributed by atoms with E-state index in [1.165, 1.54) is 36.3 Å². The number of ketones is 1. The summed E-state index contributed by atoms with van der Waals surface area (Å²) < 4.78 is 0. The number of allylic oxidation sites excluding steroid dienone is 2. The van der Waals surface area contributed by atoms with Crippen LogP contribution in [0.1, 0.15) is 39.2 Å². The number of aromatic nitrogens is 1. The van der Waals surface area contributed by atoms with Crippen LogP contribution in [0.5, 0.6) is 0 Å². The van der Waals surface area contributed by atoms with Gasteiger partial charge in [0.25, 0.3) is 0 Å². The van der Waals surface area contributed by atoms with E-state index in [0.717, 1.165) is 11.3 Å². The van der Waals surface area contributed by atoms with Crippen LogP contribution in [0.25, 0.3) is 22.0 Å². The van der Waals surface area contributed by atoms with Crippen molar-refractivity contribution < 1.29 is 30.0 Å². The quantitative estimate of drug-likeness (QED) is 0.258. The molecule has 3 rings (SSSR count). The van der Waals surface area contributed by atoms with E-state index in [4.69, 9.17) is 5.11 Å². The van der Waals surface area contributed by atoms with E-state index in [0.29, 0.717) is 5.92 Å². The number of pyridine rings is 1. The summed E-state index contributed by atoms with van der Waals surface area (Å²) in [6.45, 7) is 7.24. The molecular formula is C23H24IrNO2-. The Morgan fingerprint density at radius 3 is 2.33 bits per heavy atom. The number of benzene rings is 2. The first-order valence-electron chi connectivity index (χ1n) is 8.62. The molecule has 0 aliphatic carbocycles. The van der Waals surface area contributed by atoms with Gasteiger partial charge in [0.2, 0.25) is 0 Å². The van der Waals surface area contributed by atoms with Crippen LogP contribution < -0.4 is 0 Å². The Morgan fingerprint density at radius 2 is 1.81 bits per heavy atom. The van der Waals surface area contributed by atoms with Gasteiger partial charge in [0.15, 0.2) is 5.78 Å². The summed E-state index contributed by atoms with van der Waals surface area (Å²) in [4.78, 5) is 14.5. The van der Waals surface area contributed by atoms with Gasteiger partial charge in [-0.1, -0.05) is 44.0 Å². The summed E-state index contributed by atoms with van der Waals surface area (Å²) in [5.41, 5.74) is 3.37. The molecule has 0 saturated carbocycles. The normalized spacial score (nSPS) is 10.8. The maximum absolute atomic E-state index is 10.0. The molecular weight excluding hydrogens is 514 g/mol. The number of carbonyl (C=O) groups is 1. The Balaban J connectivity index is 0.000000395. The maximum Gasteiger partial charge on any atom is 0.155 e. The molecule has 0 bridgehead atoms. The van der Waals surface area contributed by atoms with E-state index < -0.39 is 0 Å². The standard InChI is InChI=1S/C18H16N.C5H8O2.Ir/c1-13(2)14-7-9-16(10-8-14)18-17-6-4-3-5-15(17)11-12-19-18;1-4(6)3-5(2)7;/h3-9,11-13H,1-2H3;3,6H,1-2H3;/q-1;;/b;4-3-;. The van der Waals surface area contributed by atoms with Gasteiger partial charge in [0, 0.05) is 32.4 Å². The largest absolute Gasteiger partial charge is 0.512 e. The van der Waals surface area contributed by atoms with Crippen molar-refractivity contribution in [3.63, 3.8) is 0 Å². The summed E-state index contributed by atoms with van der Waals surface area (Å²) in [5.74, 6) is 0.471. The topological polar surface area (TPSA) is 50.2 Å². The average molecular weight is 539 g/mol. The fraction of sp³-hybridized carbons (Fsp3) is 0.217. The van der Waals surface area contributed by atoms with Crippen LogP contribution in [0.4, 0.5) is 0 Å². The van der Waals surface area contributed by atoms with Crippen LogP contribution in [0, 0.1) is 6.07 Å². The molecule has 27 heavy (non-hydrogen) atoms. The monoisotopic (exact) mass is 539 g/mol. The first-order chi connectivity index (χ1) is 12.4. The second kappa shape index (κ2) is 10.8. The molecule has 1 heterocycles. The van der Waals surface area contributed by atoms with Gasteiger partial charge in [0.05, 0.1) is 5.76 Å². The molecule has 0 fully saturated rings. The van der Waals surface area contributed by atoms with E-state index >= 15 is 0 Å². The SMILES string of the molecule is CC(=O)/C=C(/C)O.CC(C)c1c[c-]c(-c2nccc3ccccc23)cc1.[Ir]. The van der Waals surface area contributed by atoms with Crippen LogP contribution in [0.2, 0.25) is 0 Å². The third kappa shape index (κ3) is 6.74. The zero-order valence-corrected chi connectivity index (χ0v) is 18.4. The van der Waals surface area contributed by atoms with Crippen molar-refractivity contribution >= 4 is 16.6 Å². The fourth-order valence-electron chi connectivity index (χ4n) is 2.57. The zero-order chi connectivity index (χ0) is 19.1. The predicted molar refractivity (Wildman–Crippen MR) is 107 cm³/mol. The summed E-state index contributed by atoms with van der Waals surface area (Å²) in [6.07, 6.45) is 3.03. The minimum absolute atomic E-state index is 0. The molecule has 0 aliphatic heterocycles. The van der Waals surface area contributed by atoms with E-state index in [2.05, 4.69) is 67.4 Å². The molecule has 0 aliphatic rings. The van der Waals surface area contributed by atoms with E-state index in [-0.39, 0.29) is 31.6 Å². The minimum atomic E-state index is -0.125. The molecule has 143 valence electrons. The molecule has 0 amide bonds. The van der Waals surface area contributed by atoms with Crippen molar-refractivity contribution in [3.05, 3.63) is 78.2 Å². The number of fused-ring (bicyclic) bond motifs is 1. The first kappa shape index (κ1) is 22.7. The summed E-state index contributed by atoms with van der Waals surface area (Å²) in [7, 11) is 0. The third-order valence-corrected chi connectivity index (χ3v) is 3.84. The van der Waals surface area contributed by atoms with Crippen LogP contribution in [-0.4, -0.2) is 15.9 Å². The minimum Gasteiger partial charge on any atom is -0.512 e. The average Bonchev–Trinajstić information content (AvgIpc) is 2.60. The van der Waals surface area contributed by atoms with Crippen molar-refractivity contribution in [2.24, 2.45) is 0 Å². The van der Waals surface area contributed by atoms with Crippen molar-refractivity contribution in [3.8, 4) is 11.3 Å². The van der Waals surface area contributed by atoms with Crippen LogP contribution in [0.3, 0.4) is 0 Å². The number of hydrogen-bond acceptors (Lipinski definition) is 3. The van der Waals surface area contributed by atoms with Gasteiger partial charge in [0.1, 0.15) is 0 Å². The first-order valence-corrected chi connectivity index (χ1v) is 8.62. The van der Waals surface area contributed by atoms with Crippen molar-refractivity contribution in [2.45, 2.75) is 33.6 Å². The number of aliphatic hydroxyl groups is 1. The maximum atomic E-state index is 10.0. The second-order valence-corrected chi connectivity index (χ2v) is 6.47. The van der Waals surface area contributed by atoms with Gasteiger partial charge in [-0.15, -0.1) is 35.4 Å². The van der Waals surface area contributed by atoms with Crippen molar-refractivity contribution in [1.82, 2.24) is 4.98 Å². The Hall–Kier alpha value is -2.29. The van der Waals surface area contributed by atoms with Gasteiger partial charge >= 0.3 is 0 Å². The molecule has 0 spiro atoms. The Kier molecular flexibility index (Phi) is 9.07. The Labute approximate surface area is 174 Å². The molecule has 0 saturated heterocycles. The summed E-state index contributed by atoms with van der Waals surface area (Å²) in [6, 6.07) is 20.1. The second-order valence-electron chi connectivity index (χ2n) is 6.47. The smallest absolute Gasteiger partial charge is 0.155 e. The van der Waals surface area contributed by atoms with Crippen LogP contribution in [-0.2, 0) is 24.9 Å². The van der Waals surface area contributed by atoms with Crippen LogP contribution in [0.15, 0.2) is 66.6 Å². The van der Waals surface area contributed by atoms with Gasteiger partial charge < -0.3 is 10.1 Å². The molecule has 4 heteroatoms. The molecule has 1 radical (unpaired) electrons. The van der Waals surface area contributed by atoms with Gasteiger partial charge in [-0.3, -0.25) is 4.79 Å². The van der Waals surface area contributed by atoms with Crippen LogP contribution >= 0.6 is 0 Å². The number of aliphatic hydroxyl groups excluding tert-OH is 1.